The van der Waals surface area contributed by atoms with Crippen LogP contribution in [-0.4, -0.2) is 38.4 Å². The van der Waals surface area contributed by atoms with Crippen LogP contribution in [0.2, 0.25) is 0 Å². The van der Waals surface area contributed by atoms with E-state index in [0.29, 0.717) is 34.1 Å². The van der Waals surface area contributed by atoms with Crippen LogP contribution in [0, 0.1) is 17.2 Å². The predicted molar refractivity (Wildman–Crippen MR) is 81.5 cm³/mol. The van der Waals surface area contributed by atoms with Gasteiger partial charge in [-0.2, -0.15) is 9.57 Å². The van der Waals surface area contributed by atoms with E-state index in [0.717, 1.165) is 37.1 Å². The van der Waals surface area contributed by atoms with E-state index < -0.39 is 10.0 Å². The van der Waals surface area contributed by atoms with Gasteiger partial charge in [-0.15, -0.1) is 11.3 Å². The van der Waals surface area contributed by atoms with Crippen molar-refractivity contribution < 1.29 is 8.42 Å². The number of piperidine rings is 1. The molecule has 1 aromatic heterocycles. The fraction of sp³-hybridized carbons (Fsp3) is 0.643. The maximum Gasteiger partial charge on any atom is 0.252 e. The number of nitrogens with one attached hydrogen (secondary N) is 1. The summed E-state index contributed by atoms with van der Waals surface area (Å²) in [6.07, 6.45) is 4.34. The molecule has 0 aliphatic carbocycles. The average molecular weight is 325 g/mol. The van der Waals surface area contributed by atoms with Gasteiger partial charge in [-0.1, -0.05) is 0 Å². The van der Waals surface area contributed by atoms with Gasteiger partial charge in [0.1, 0.15) is 15.2 Å². The minimum atomic E-state index is -3.44. The van der Waals surface area contributed by atoms with Crippen LogP contribution < -0.4 is 5.32 Å². The van der Waals surface area contributed by atoms with Crippen LogP contribution in [-0.2, 0) is 10.0 Å². The number of nitriles is 1. The highest BCUT2D eigenvalue weighted by Gasteiger charge is 2.35. The largest absolute Gasteiger partial charge is 0.314 e. The molecule has 2 fully saturated rings. The Balaban J connectivity index is 1.77. The molecule has 0 spiro atoms. The van der Waals surface area contributed by atoms with E-state index in [1.54, 1.807) is 16.4 Å². The summed E-state index contributed by atoms with van der Waals surface area (Å²) >= 11 is 1.06. The first-order valence-electron chi connectivity index (χ1n) is 7.35. The first kappa shape index (κ1) is 15.0. The number of sulfonamides is 1. The summed E-state index contributed by atoms with van der Waals surface area (Å²) in [5, 5.41) is 12.3. The van der Waals surface area contributed by atoms with E-state index in [4.69, 9.17) is 5.26 Å². The third-order valence-electron chi connectivity index (χ3n) is 4.37. The average Bonchev–Trinajstić information content (AvgIpc) is 3.19. The van der Waals surface area contributed by atoms with Gasteiger partial charge in [-0.05, 0) is 50.3 Å². The third kappa shape index (κ3) is 2.99. The zero-order chi connectivity index (χ0) is 14.9. The lowest BCUT2D eigenvalue weighted by Gasteiger charge is -2.34. The molecule has 0 amide bonds. The lowest BCUT2D eigenvalue weighted by atomic mass is 9.91. The summed E-state index contributed by atoms with van der Waals surface area (Å²) in [5.74, 6) is 0.409. The Kier molecular flexibility index (Phi) is 4.31. The monoisotopic (exact) mass is 325 g/mol. The minimum absolute atomic E-state index is 0.291. The van der Waals surface area contributed by atoms with Crippen molar-refractivity contribution in [3.05, 3.63) is 17.0 Å². The maximum atomic E-state index is 12.7. The van der Waals surface area contributed by atoms with E-state index in [1.807, 2.05) is 6.07 Å². The molecule has 2 aliphatic heterocycles. The lowest BCUT2D eigenvalue weighted by molar-refractivity contribution is 0.227. The molecular formula is C14H19N3O2S2. The quantitative estimate of drug-likeness (QED) is 0.919. The molecular weight excluding hydrogens is 306 g/mol. The third-order valence-corrected chi connectivity index (χ3v) is 7.70. The second-order valence-electron chi connectivity index (χ2n) is 5.70. The van der Waals surface area contributed by atoms with Crippen molar-refractivity contribution in [1.82, 2.24) is 9.62 Å². The van der Waals surface area contributed by atoms with Crippen LogP contribution in [0.4, 0.5) is 0 Å². The van der Waals surface area contributed by atoms with E-state index in [2.05, 4.69) is 5.32 Å². The molecule has 2 atom stereocenters. The van der Waals surface area contributed by atoms with Crippen LogP contribution in [0.3, 0.4) is 0 Å². The van der Waals surface area contributed by atoms with Gasteiger partial charge in [0.05, 0.1) is 0 Å². The van der Waals surface area contributed by atoms with Crippen molar-refractivity contribution in [3.8, 4) is 6.07 Å². The predicted octanol–water partition coefficient (Wildman–Crippen LogP) is 1.77. The summed E-state index contributed by atoms with van der Waals surface area (Å²) in [5.41, 5.74) is 0. The second-order valence-corrected chi connectivity index (χ2v) is 8.95. The standard InChI is InChI=1S/C14H19N3O2S2/c15-9-12-5-6-14(20-12)21(18,19)17-8-2-3-11(10-17)13-4-1-7-16-13/h5-6,11,13,16H,1-4,7-8,10H2. The Morgan fingerprint density at radius 3 is 2.86 bits per heavy atom. The van der Waals surface area contributed by atoms with Gasteiger partial charge in [-0.25, -0.2) is 8.42 Å². The molecule has 3 rings (SSSR count). The first-order valence-corrected chi connectivity index (χ1v) is 9.60. The number of hydrogen-bond acceptors (Lipinski definition) is 5. The molecule has 2 aliphatic rings. The van der Waals surface area contributed by atoms with Crippen LogP contribution in [0.5, 0.6) is 0 Å². The van der Waals surface area contributed by atoms with Crippen molar-refractivity contribution >= 4 is 21.4 Å². The van der Waals surface area contributed by atoms with Crippen LogP contribution in [0.25, 0.3) is 0 Å². The number of thiophene rings is 1. The second kappa shape index (κ2) is 6.05. The van der Waals surface area contributed by atoms with Crippen molar-refractivity contribution in [3.63, 3.8) is 0 Å². The Morgan fingerprint density at radius 2 is 2.19 bits per heavy atom. The van der Waals surface area contributed by atoms with E-state index >= 15 is 0 Å². The smallest absolute Gasteiger partial charge is 0.252 e. The fourth-order valence-corrected chi connectivity index (χ4v) is 6.07. The van der Waals surface area contributed by atoms with Gasteiger partial charge in [0.25, 0.3) is 10.0 Å². The molecule has 0 saturated carbocycles. The molecule has 0 bridgehead atoms. The molecule has 1 N–H and O–H groups in total. The number of hydrogen-bond donors (Lipinski definition) is 1. The van der Waals surface area contributed by atoms with Crippen molar-refractivity contribution in [2.45, 2.75) is 35.9 Å². The minimum Gasteiger partial charge on any atom is -0.314 e. The lowest BCUT2D eigenvalue weighted by Crippen LogP contribution is -2.45. The van der Waals surface area contributed by atoms with Gasteiger partial charge in [0.15, 0.2) is 0 Å². The SMILES string of the molecule is N#Cc1ccc(S(=O)(=O)N2CCCC(C3CCCN3)C2)s1. The zero-order valence-electron chi connectivity index (χ0n) is 11.8. The zero-order valence-corrected chi connectivity index (χ0v) is 13.4. The summed E-state index contributed by atoms with van der Waals surface area (Å²) in [4.78, 5) is 0.444. The van der Waals surface area contributed by atoms with E-state index in [1.165, 1.54) is 6.42 Å². The Bertz CT molecular complexity index is 641. The molecule has 5 nitrogen and oxygen atoms in total. The van der Waals surface area contributed by atoms with E-state index in [-0.39, 0.29) is 0 Å². The number of rotatable bonds is 3. The molecule has 0 radical (unpaired) electrons. The highest BCUT2D eigenvalue weighted by Crippen LogP contribution is 2.30. The molecule has 114 valence electrons. The first-order chi connectivity index (χ1) is 10.1. The molecule has 7 heteroatoms. The number of nitrogens with zero attached hydrogens (tertiary/aromatic N) is 2. The summed E-state index contributed by atoms with van der Waals surface area (Å²) in [7, 11) is -3.44. The summed E-state index contributed by atoms with van der Waals surface area (Å²) < 4.78 is 27.3. The fourth-order valence-electron chi connectivity index (χ4n) is 3.28. The van der Waals surface area contributed by atoms with Gasteiger partial charge in [-0.3, -0.25) is 0 Å². The normalized spacial score (nSPS) is 27.6. The van der Waals surface area contributed by atoms with Gasteiger partial charge in [0, 0.05) is 19.1 Å². The van der Waals surface area contributed by atoms with Crippen molar-refractivity contribution in [2.75, 3.05) is 19.6 Å². The van der Waals surface area contributed by atoms with Gasteiger partial charge < -0.3 is 5.32 Å². The summed E-state index contributed by atoms with van der Waals surface area (Å²) in [6.45, 7) is 2.23. The van der Waals surface area contributed by atoms with Crippen molar-refractivity contribution in [1.29, 1.82) is 5.26 Å². The molecule has 3 heterocycles. The van der Waals surface area contributed by atoms with Gasteiger partial charge in [0.2, 0.25) is 0 Å². The summed E-state index contributed by atoms with van der Waals surface area (Å²) in [6, 6.07) is 5.59. The Hall–Kier alpha value is -0.940. The molecule has 1 aromatic rings. The highest BCUT2D eigenvalue weighted by atomic mass is 32.2. The van der Waals surface area contributed by atoms with Gasteiger partial charge >= 0.3 is 0 Å². The van der Waals surface area contributed by atoms with Crippen molar-refractivity contribution in [2.24, 2.45) is 5.92 Å². The molecule has 2 unspecified atom stereocenters. The molecule has 2 saturated heterocycles. The van der Waals surface area contributed by atoms with Crippen LogP contribution >= 0.6 is 11.3 Å². The van der Waals surface area contributed by atoms with Crippen LogP contribution in [0.1, 0.15) is 30.6 Å². The molecule has 0 aromatic carbocycles. The highest BCUT2D eigenvalue weighted by molar-refractivity contribution is 7.91. The Labute approximate surface area is 129 Å². The van der Waals surface area contributed by atoms with Crippen LogP contribution in [0.15, 0.2) is 16.3 Å². The topological polar surface area (TPSA) is 73.2 Å². The maximum absolute atomic E-state index is 12.7. The molecule has 21 heavy (non-hydrogen) atoms. The van der Waals surface area contributed by atoms with E-state index in [9.17, 15) is 8.42 Å². The Morgan fingerprint density at radius 1 is 1.33 bits per heavy atom.